The number of aryl methyl sites for hydroxylation is 1. The molecule has 0 fully saturated rings. The van der Waals surface area contributed by atoms with Gasteiger partial charge in [0.15, 0.2) is 12.2 Å². The Hall–Kier alpha value is -3.61. The number of esters is 1. The Morgan fingerprint density at radius 1 is 1.11 bits per heavy atom. The predicted molar refractivity (Wildman–Crippen MR) is 105 cm³/mol. The van der Waals surface area contributed by atoms with Gasteiger partial charge in [0.2, 0.25) is 0 Å². The van der Waals surface area contributed by atoms with Gasteiger partial charge in [-0.15, -0.1) is 6.58 Å². The van der Waals surface area contributed by atoms with E-state index in [-0.39, 0.29) is 25.5 Å². The Morgan fingerprint density at radius 2 is 1.82 bits per heavy atom. The van der Waals surface area contributed by atoms with Gasteiger partial charge in [0.25, 0.3) is 5.91 Å². The first-order chi connectivity index (χ1) is 13.6. The number of carbonyl (C=O) groups is 2. The van der Waals surface area contributed by atoms with Gasteiger partial charge in [-0.05, 0) is 24.3 Å². The second-order valence-electron chi connectivity index (χ2n) is 6.03. The minimum atomic E-state index is -0.572. The fourth-order valence-corrected chi connectivity index (χ4v) is 2.81. The molecule has 3 aromatic rings. The lowest BCUT2D eigenvalue weighted by molar-refractivity contribution is -0.148. The molecule has 0 saturated carbocycles. The van der Waals surface area contributed by atoms with Crippen LogP contribution in [-0.4, -0.2) is 29.6 Å². The number of oxazole rings is 1. The van der Waals surface area contributed by atoms with Crippen molar-refractivity contribution in [3.05, 3.63) is 77.8 Å². The SMILES string of the molecule is C=CCN(C(=O)COC(=O)CCn1c(=O)oc2ccccc21)c1ccccc1. The number of ether oxygens (including phenoxy) is 1. The molecule has 0 spiro atoms. The minimum absolute atomic E-state index is 0.0521. The molecule has 0 aliphatic rings. The van der Waals surface area contributed by atoms with Crippen molar-refractivity contribution in [3.8, 4) is 0 Å². The molecule has 0 bridgehead atoms. The van der Waals surface area contributed by atoms with Crippen molar-refractivity contribution in [2.45, 2.75) is 13.0 Å². The number of anilines is 1. The third kappa shape index (κ3) is 4.37. The van der Waals surface area contributed by atoms with Crippen molar-refractivity contribution < 1.29 is 18.7 Å². The van der Waals surface area contributed by atoms with E-state index in [9.17, 15) is 14.4 Å². The van der Waals surface area contributed by atoms with E-state index in [0.29, 0.717) is 23.3 Å². The summed E-state index contributed by atoms with van der Waals surface area (Å²) in [5.41, 5.74) is 1.76. The first kappa shape index (κ1) is 19.2. The van der Waals surface area contributed by atoms with Gasteiger partial charge < -0.3 is 14.1 Å². The Labute approximate surface area is 161 Å². The lowest BCUT2D eigenvalue weighted by Gasteiger charge is -2.21. The first-order valence-corrected chi connectivity index (χ1v) is 8.80. The van der Waals surface area contributed by atoms with Crippen LogP contribution in [0.1, 0.15) is 6.42 Å². The first-order valence-electron chi connectivity index (χ1n) is 8.80. The molecule has 0 saturated heterocycles. The van der Waals surface area contributed by atoms with E-state index in [1.807, 2.05) is 18.2 Å². The lowest BCUT2D eigenvalue weighted by Crippen LogP contribution is -2.35. The van der Waals surface area contributed by atoms with Crippen LogP contribution in [0.25, 0.3) is 11.1 Å². The van der Waals surface area contributed by atoms with Crippen molar-refractivity contribution in [2.75, 3.05) is 18.1 Å². The summed E-state index contributed by atoms with van der Waals surface area (Å²) in [5.74, 6) is -1.46. The van der Waals surface area contributed by atoms with Gasteiger partial charge in [0, 0.05) is 18.8 Å². The molecule has 0 aliphatic carbocycles. The molecule has 0 aliphatic heterocycles. The maximum Gasteiger partial charge on any atom is 0.419 e. The molecule has 1 heterocycles. The molecule has 144 valence electrons. The Morgan fingerprint density at radius 3 is 2.57 bits per heavy atom. The number of aromatic nitrogens is 1. The van der Waals surface area contributed by atoms with Gasteiger partial charge in [-0.3, -0.25) is 14.2 Å². The average molecular weight is 380 g/mol. The van der Waals surface area contributed by atoms with E-state index in [4.69, 9.17) is 9.15 Å². The van der Waals surface area contributed by atoms with Crippen molar-refractivity contribution >= 4 is 28.7 Å². The maximum atomic E-state index is 12.4. The van der Waals surface area contributed by atoms with Gasteiger partial charge in [0.1, 0.15) is 0 Å². The molecular weight excluding hydrogens is 360 g/mol. The standard InChI is InChI=1S/C21H20N2O5/c1-2-13-22(16-8-4-3-5-9-16)19(24)15-27-20(25)12-14-23-17-10-6-7-11-18(17)28-21(23)26/h2-11H,1,12-15H2. The molecule has 0 radical (unpaired) electrons. The van der Waals surface area contributed by atoms with Crippen molar-refractivity contribution in [1.82, 2.24) is 4.57 Å². The summed E-state index contributed by atoms with van der Waals surface area (Å²) in [5, 5.41) is 0. The highest BCUT2D eigenvalue weighted by molar-refractivity contribution is 5.95. The van der Waals surface area contributed by atoms with Crippen LogP contribution in [0.3, 0.4) is 0 Å². The highest BCUT2D eigenvalue weighted by Gasteiger charge is 2.17. The number of rotatable bonds is 8. The number of carbonyl (C=O) groups excluding carboxylic acids is 2. The Balaban J connectivity index is 1.57. The van der Waals surface area contributed by atoms with Crippen LogP contribution in [-0.2, 0) is 20.9 Å². The quantitative estimate of drug-likeness (QED) is 0.443. The second kappa shape index (κ2) is 8.85. The summed E-state index contributed by atoms with van der Waals surface area (Å²) in [6, 6.07) is 16.0. The minimum Gasteiger partial charge on any atom is -0.455 e. The molecule has 0 N–H and O–H groups in total. The molecule has 28 heavy (non-hydrogen) atoms. The molecule has 0 atom stereocenters. The summed E-state index contributed by atoms with van der Waals surface area (Å²) in [4.78, 5) is 37.9. The summed E-state index contributed by atoms with van der Waals surface area (Å²) in [6.07, 6.45) is 1.55. The zero-order chi connectivity index (χ0) is 19.9. The maximum absolute atomic E-state index is 12.4. The third-order valence-corrected chi connectivity index (χ3v) is 4.15. The van der Waals surface area contributed by atoms with Crippen LogP contribution in [0.5, 0.6) is 0 Å². The number of benzene rings is 2. The van der Waals surface area contributed by atoms with Gasteiger partial charge in [0.05, 0.1) is 11.9 Å². The Kier molecular flexibility index (Phi) is 6.06. The van der Waals surface area contributed by atoms with E-state index in [1.54, 1.807) is 42.5 Å². The van der Waals surface area contributed by atoms with Crippen LogP contribution in [0.15, 0.2) is 76.5 Å². The summed E-state index contributed by atoms with van der Waals surface area (Å²) in [6.45, 7) is 3.68. The van der Waals surface area contributed by atoms with Crippen molar-refractivity contribution in [2.24, 2.45) is 0 Å². The van der Waals surface area contributed by atoms with Crippen LogP contribution < -0.4 is 10.7 Å². The number of nitrogens with zero attached hydrogens (tertiary/aromatic N) is 2. The molecule has 3 rings (SSSR count). The number of para-hydroxylation sites is 3. The van der Waals surface area contributed by atoms with Gasteiger partial charge in [-0.1, -0.05) is 36.4 Å². The average Bonchev–Trinajstić information content (AvgIpc) is 3.04. The van der Waals surface area contributed by atoms with Gasteiger partial charge >= 0.3 is 11.7 Å². The third-order valence-electron chi connectivity index (χ3n) is 4.15. The number of amides is 1. The molecule has 1 aromatic heterocycles. The van der Waals surface area contributed by atoms with Gasteiger partial charge in [-0.25, -0.2) is 4.79 Å². The highest BCUT2D eigenvalue weighted by atomic mass is 16.5. The van der Waals surface area contributed by atoms with Crippen LogP contribution in [0, 0.1) is 0 Å². The largest absolute Gasteiger partial charge is 0.455 e. The van der Waals surface area contributed by atoms with E-state index in [2.05, 4.69) is 6.58 Å². The molecule has 7 heteroatoms. The number of fused-ring (bicyclic) bond motifs is 1. The zero-order valence-electron chi connectivity index (χ0n) is 15.2. The summed E-state index contributed by atoms with van der Waals surface area (Å²) >= 11 is 0. The summed E-state index contributed by atoms with van der Waals surface area (Å²) < 4.78 is 11.6. The monoisotopic (exact) mass is 380 g/mol. The highest BCUT2D eigenvalue weighted by Crippen LogP contribution is 2.14. The fourth-order valence-electron chi connectivity index (χ4n) is 2.81. The van der Waals surface area contributed by atoms with E-state index in [0.717, 1.165) is 0 Å². The zero-order valence-corrected chi connectivity index (χ0v) is 15.2. The van der Waals surface area contributed by atoms with Crippen LogP contribution >= 0.6 is 0 Å². The topological polar surface area (TPSA) is 81.8 Å². The fraction of sp³-hybridized carbons (Fsp3) is 0.190. The lowest BCUT2D eigenvalue weighted by atomic mass is 10.3. The number of hydrogen-bond acceptors (Lipinski definition) is 5. The van der Waals surface area contributed by atoms with Crippen molar-refractivity contribution in [3.63, 3.8) is 0 Å². The molecule has 0 unspecified atom stereocenters. The summed E-state index contributed by atoms with van der Waals surface area (Å²) in [7, 11) is 0. The smallest absolute Gasteiger partial charge is 0.419 e. The molecule has 7 nitrogen and oxygen atoms in total. The Bertz CT molecular complexity index is 1040. The molecular formula is C21H20N2O5. The van der Waals surface area contributed by atoms with E-state index in [1.165, 1.54) is 9.47 Å². The van der Waals surface area contributed by atoms with Crippen molar-refractivity contribution in [1.29, 1.82) is 0 Å². The normalized spacial score (nSPS) is 10.6. The number of hydrogen-bond donors (Lipinski definition) is 0. The van der Waals surface area contributed by atoms with Gasteiger partial charge in [-0.2, -0.15) is 0 Å². The second-order valence-corrected chi connectivity index (χ2v) is 6.03. The van der Waals surface area contributed by atoms with Crippen LogP contribution in [0.4, 0.5) is 5.69 Å². The molecule has 1 amide bonds. The van der Waals surface area contributed by atoms with E-state index >= 15 is 0 Å². The van der Waals surface area contributed by atoms with Crippen LogP contribution in [0.2, 0.25) is 0 Å². The molecule has 2 aromatic carbocycles. The van der Waals surface area contributed by atoms with E-state index < -0.39 is 11.7 Å². The predicted octanol–water partition coefficient (Wildman–Crippen LogP) is 2.75.